The van der Waals surface area contributed by atoms with Crippen LogP contribution in [-0.2, 0) is 4.74 Å². The highest BCUT2D eigenvalue weighted by molar-refractivity contribution is 14.0. The molecule has 0 aromatic carbocycles. The molecule has 1 aliphatic heterocycles. The first-order valence-corrected chi connectivity index (χ1v) is 8.44. The lowest BCUT2D eigenvalue weighted by atomic mass is 10.1. The normalized spacial score (nSPS) is 20.4. The SMILES string of the molecule is CN=C(NCCOCCC(C)C)NCC1CN(C)CCN1C.I. The number of guanidine groups is 1. The Morgan fingerprint density at radius 3 is 2.61 bits per heavy atom. The average molecular weight is 441 g/mol. The number of hydrogen-bond acceptors (Lipinski definition) is 4. The molecule has 7 heteroatoms. The third kappa shape index (κ3) is 10.4. The predicted octanol–water partition coefficient (Wildman–Crippen LogP) is 1.08. The van der Waals surface area contributed by atoms with E-state index in [4.69, 9.17) is 4.74 Å². The minimum atomic E-state index is 0. The molecule has 23 heavy (non-hydrogen) atoms. The predicted molar refractivity (Wildman–Crippen MR) is 109 cm³/mol. The van der Waals surface area contributed by atoms with Crippen LogP contribution in [0.25, 0.3) is 0 Å². The van der Waals surface area contributed by atoms with Crippen molar-refractivity contribution in [2.45, 2.75) is 26.3 Å². The maximum Gasteiger partial charge on any atom is 0.191 e. The van der Waals surface area contributed by atoms with Gasteiger partial charge in [0.15, 0.2) is 5.96 Å². The van der Waals surface area contributed by atoms with Crippen molar-refractivity contribution in [1.82, 2.24) is 20.4 Å². The molecule has 1 fully saturated rings. The highest BCUT2D eigenvalue weighted by atomic mass is 127. The molecule has 0 aliphatic carbocycles. The standard InChI is InChI=1S/C16H35N5O.HI/c1-14(2)6-10-22-11-7-18-16(17-3)19-12-15-13-20(4)8-9-21(15)5;/h14-15H,6-13H2,1-5H3,(H2,17,18,19);1H. The van der Waals surface area contributed by atoms with Gasteiger partial charge in [0.05, 0.1) is 6.61 Å². The number of nitrogens with one attached hydrogen (secondary N) is 2. The zero-order valence-corrected chi connectivity index (χ0v) is 17.8. The molecule has 0 aromatic rings. The fourth-order valence-electron chi connectivity index (χ4n) is 2.42. The Bertz CT molecular complexity index is 328. The first-order chi connectivity index (χ1) is 10.5. The first-order valence-electron chi connectivity index (χ1n) is 8.44. The van der Waals surface area contributed by atoms with E-state index in [1.165, 1.54) is 0 Å². The quantitative estimate of drug-likeness (QED) is 0.256. The number of aliphatic imine (C=N–C) groups is 1. The second-order valence-corrected chi connectivity index (χ2v) is 6.57. The van der Waals surface area contributed by atoms with Crippen LogP contribution in [0.4, 0.5) is 0 Å². The van der Waals surface area contributed by atoms with Crippen LogP contribution in [0.5, 0.6) is 0 Å². The lowest BCUT2D eigenvalue weighted by Crippen LogP contribution is -2.55. The van der Waals surface area contributed by atoms with Crippen molar-refractivity contribution in [3.63, 3.8) is 0 Å². The Balaban J connectivity index is 0.00000484. The summed E-state index contributed by atoms with van der Waals surface area (Å²) in [6, 6.07) is 0.527. The number of likely N-dealkylation sites (N-methyl/N-ethyl adjacent to an activating group) is 2. The van der Waals surface area contributed by atoms with Gasteiger partial charge >= 0.3 is 0 Å². The Kier molecular flexibility index (Phi) is 13.1. The number of rotatable bonds is 8. The van der Waals surface area contributed by atoms with Crippen molar-refractivity contribution in [1.29, 1.82) is 0 Å². The molecule has 0 spiro atoms. The molecular weight excluding hydrogens is 405 g/mol. The van der Waals surface area contributed by atoms with E-state index in [0.717, 1.165) is 58.3 Å². The molecule has 0 aromatic heterocycles. The lowest BCUT2D eigenvalue weighted by molar-refractivity contribution is 0.116. The van der Waals surface area contributed by atoms with Gasteiger partial charge in [0.1, 0.15) is 0 Å². The van der Waals surface area contributed by atoms with Gasteiger partial charge in [0.25, 0.3) is 0 Å². The summed E-state index contributed by atoms with van der Waals surface area (Å²) in [6.07, 6.45) is 1.12. The van der Waals surface area contributed by atoms with Crippen molar-refractivity contribution < 1.29 is 4.74 Å². The molecule has 1 saturated heterocycles. The van der Waals surface area contributed by atoms with Gasteiger partial charge in [-0.15, -0.1) is 24.0 Å². The van der Waals surface area contributed by atoms with Gasteiger partial charge < -0.3 is 20.3 Å². The van der Waals surface area contributed by atoms with Crippen LogP contribution in [0.1, 0.15) is 20.3 Å². The van der Waals surface area contributed by atoms with Crippen LogP contribution in [0.15, 0.2) is 4.99 Å². The minimum absolute atomic E-state index is 0. The van der Waals surface area contributed by atoms with Crippen LogP contribution in [0.3, 0.4) is 0 Å². The molecule has 1 atom stereocenters. The minimum Gasteiger partial charge on any atom is -0.380 e. The highest BCUT2D eigenvalue weighted by Gasteiger charge is 2.21. The maximum atomic E-state index is 5.60. The van der Waals surface area contributed by atoms with Crippen LogP contribution >= 0.6 is 24.0 Å². The summed E-state index contributed by atoms with van der Waals surface area (Å²) in [6.45, 7) is 11.1. The van der Waals surface area contributed by atoms with E-state index in [2.05, 4.69) is 53.4 Å². The van der Waals surface area contributed by atoms with Gasteiger partial charge in [-0.1, -0.05) is 13.8 Å². The molecule has 1 unspecified atom stereocenters. The van der Waals surface area contributed by atoms with Gasteiger partial charge in [-0.3, -0.25) is 9.89 Å². The van der Waals surface area contributed by atoms with Gasteiger partial charge in [-0.05, 0) is 26.4 Å². The molecule has 1 rings (SSSR count). The Morgan fingerprint density at radius 1 is 1.22 bits per heavy atom. The summed E-state index contributed by atoms with van der Waals surface area (Å²) in [4.78, 5) is 9.06. The monoisotopic (exact) mass is 441 g/mol. The third-order valence-electron chi connectivity index (χ3n) is 4.09. The molecule has 1 heterocycles. The Morgan fingerprint density at radius 2 is 1.96 bits per heavy atom. The summed E-state index contributed by atoms with van der Waals surface area (Å²) >= 11 is 0. The van der Waals surface area contributed by atoms with E-state index in [0.29, 0.717) is 12.0 Å². The molecule has 2 N–H and O–H groups in total. The maximum absolute atomic E-state index is 5.60. The number of nitrogens with zero attached hydrogens (tertiary/aromatic N) is 3. The fourth-order valence-corrected chi connectivity index (χ4v) is 2.42. The number of ether oxygens (including phenoxy) is 1. The van der Waals surface area contributed by atoms with Crippen LogP contribution < -0.4 is 10.6 Å². The van der Waals surface area contributed by atoms with Crippen molar-refractivity contribution in [2.24, 2.45) is 10.9 Å². The molecular formula is C16H36IN5O. The van der Waals surface area contributed by atoms with E-state index in [-0.39, 0.29) is 24.0 Å². The topological polar surface area (TPSA) is 52.1 Å². The molecule has 0 bridgehead atoms. The summed E-state index contributed by atoms with van der Waals surface area (Å²) < 4.78 is 5.60. The lowest BCUT2D eigenvalue weighted by Gasteiger charge is -2.37. The van der Waals surface area contributed by atoms with Crippen LogP contribution in [0.2, 0.25) is 0 Å². The zero-order valence-electron chi connectivity index (χ0n) is 15.5. The van der Waals surface area contributed by atoms with Gasteiger partial charge in [-0.25, -0.2) is 0 Å². The van der Waals surface area contributed by atoms with Crippen molar-refractivity contribution in [2.75, 3.05) is 67.1 Å². The molecule has 138 valence electrons. The largest absolute Gasteiger partial charge is 0.380 e. The number of hydrogen-bond donors (Lipinski definition) is 2. The van der Waals surface area contributed by atoms with Crippen LogP contribution in [0, 0.1) is 5.92 Å². The van der Waals surface area contributed by atoms with E-state index in [9.17, 15) is 0 Å². The van der Waals surface area contributed by atoms with Crippen molar-refractivity contribution in [3.8, 4) is 0 Å². The van der Waals surface area contributed by atoms with Crippen molar-refractivity contribution in [3.05, 3.63) is 0 Å². The average Bonchev–Trinajstić information content (AvgIpc) is 2.48. The Hall–Kier alpha value is -0.120. The third-order valence-corrected chi connectivity index (χ3v) is 4.09. The molecule has 1 aliphatic rings. The second-order valence-electron chi connectivity index (χ2n) is 6.57. The summed E-state index contributed by atoms with van der Waals surface area (Å²) in [5.74, 6) is 1.56. The summed E-state index contributed by atoms with van der Waals surface area (Å²) in [7, 11) is 6.19. The number of halogens is 1. The first kappa shape index (κ1) is 22.9. The fraction of sp³-hybridized carbons (Fsp3) is 0.938. The summed E-state index contributed by atoms with van der Waals surface area (Å²) in [5.41, 5.74) is 0. The number of piperazine rings is 1. The second kappa shape index (κ2) is 13.2. The van der Waals surface area contributed by atoms with E-state index < -0.39 is 0 Å². The molecule has 0 amide bonds. The summed E-state index contributed by atoms with van der Waals surface area (Å²) in [5, 5.41) is 6.72. The molecule has 0 radical (unpaired) electrons. The van der Waals surface area contributed by atoms with Gasteiger partial charge in [-0.2, -0.15) is 0 Å². The smallest absolute Gasteiger partial charge is 0.191 e. The van der Waals surface area contributed by atoms with E-state index in [1.807, 2.05) is 7.05 Å². The van der Waals surface area contributed by atoms with E-state index in [1.54, 1.807) is 0 Å². The highest BCUT2D eigenvalue weighted by Crippen LogP contribution is 2.04. The van der Waals surface area contributed by atoms with Gasteiger partial charge in [0.2, 0.25) is 0 Å². The molecule has 0 saturated carbocycles. The zero-order chi connectivity index (χ0) is 16.4. The Labute approximate surface area is 159 Å². The van der Waals surface area contributed by atoms with Crippen LogP contribution in [-0.4, -0.2) is 88.9 Å². The van der Waals surface area contributed by atoms with Crippen molar-refractivity contribution >= 4 is 29.9 Å². The molecule has 6 nitrogen and oxygen atoms in total. The van der Waals surface area contributed by atoms with E-state index >= 15 is 0 Å². The van der Waals surface area contributed by atoms with Gasteiger partial charge in [0, 0.05) is 52.4 Å².